The summed E-state index contributed by atoms with van der Waals surface area (Å²) in [5.74, 6) is -0.701. The van der Waals surface area contributed by atoms with E-state index in [2.05, 4.69) is 5.32 Å². The van der Waals surface area contributed by atoms with Crippen molar-refractivity contribution in [2.24, 2.45) is 0 Å². The molecule has 7 heteroatoms. The summed E-state index contributed by atoms with van der Waals surface area (Å²) in [5.41, 5.74) is -0.423. The Bertz CT molecular complexity index is 473. The molecule has 1 unspecified atom stereocenters. The van der Waals surface area contributed by atoms with Gasteiger partial charge in [-0.25, -0.2) is 4.39 Å². The van der Waals surface area contributed by atoms with E-state index in [1.807, 2.05) is 6.07 Å². The molecule has 0 amide bonds. The van der Waals surface area contributed by atoms with Gasteiger partial charge in [-0.15, -0.1) is 0 Å². The lowest BCUT2D eigenvalue weighted by Crippen LogP contribution is -2.25. The van der Waals surface area contributed by atoms with Gasteiger partial charge in [0.1, 0.15) is 5.82 Å². The van der Waals surface area contributed by atoms with Crippen molar-refractivity contribution in [1.29, 1.82) is 5.26 Å². The van der Waals surface area contributed by atoms with Crippen molar-refractivity contribution in [3.05, 3.63) is 34.1 Å². The number of nitro groups is 1. The van der Waals surface area contributed by atoms with Crippen LogP contribution in [0.1, 0.15) is 6.42 Å². The molecule has 1 aromatic rings. The number of nitrogens with one attached hydrogen (secondary N) is 1. The zero-order valence-corrected chi connectivity index (χ0v) is 9.72. The third-order valence-corrected chi connectivity index (χ3v) is 2.29. The van der Waals surface area contributed by atoms with Crippen molar-refractivity contribution in [1.82, 2.24) is 5.32 Å². The quantitative estimate of drug-likeness (QED) is 0.614. The number of rotatable bonds is 6. The predicted molar refractivity (Wildman–Crippen MR) is 61.6 cm³/mol. The highest BCUT2D eigenvalue weighted by atomic mass is 19.1. The van der Waals surface area contributed by atoms with Gasteiger partial charge in [0.2, 0.25) is 0 Å². The van der Waals surface area contributed by atoms with Crippen LogP contribution >= 0.6 is 0 Å². The summed E-state index contributed by atoms with van der Waals surface area (Å²) in [6.45, 7) is 0.130. The summed E-state index contributed by atoms with van der Waals surface area (Å²) in [6.07, 6.45) is 0.377. The summed E-state index contributed by atoms with van der Waals surface area (Å²) in [6, 6.07) is 4.70. The first-order valence-electron chi connectivity index (χ1n) is 5.22. The zero-order valence-electron chi connectivity index (χ0n) is 9.72. The second-order valence-corrected chi connectivity index (χ2v) is 3.48. The topological polar surface area (TPSA) is 88.2 Å². The number of halogens is 1. The Hall–Kier alpha value is -2.20. The SMILES string of the molecule is CNC(C#N)CCOc1ccc(F)cc1[N+](=O)[O-]. The second kappa shape index (κ2) is 6.51. The molecule has 0 saturated carbocycles. The maximum Gasteiger partial charge on any atom is 0.313 e. The van der Waals surface area contributed by atoms with Crippen LogP contribution in [0.3, 0.4) is 0 Å². The van der Waals surface area contributed by atoms with E-state index < -0.39 is 16.4 Å². The Labute approximate surface area is 103 Å². The first kappa shape index (κ1) is 13.9. The maximum absolute atomic E-state index is 12.9. The predicted octanol–water partition coefficient (Wildman–Crippen LogP) is 1.61. The van der Waals surface area contributed by atoms with Crippen LogP contribution in [0.2, 0.25) is 0 Å². The fraction of sp³-hybridized carbons (Fsp3) is 0.364. The van der Waals surface area contributed by atoms with Crippen LogP contribution in [0.5, 0.6) is 5.75 Å². The minimum absolute atomic E-state index is 0.00538. The van der Waals surface area contributed by atoms with E-state index in [1.165, 1.54) is 6.07 Å². The zero-order chi connectivity index (χ0) is 13.5. The van der Waals surface area contributed by atoms with E-state index in [4.69, 9.17) is 10.00 Å². The first-order chi connectivity index (χ1) is 8.58. The van der Waals surface area contributed by atoms with Gasteiger partial charge in [0, 0.05) is 6.42 Å². The van der Waals surface area contributed by atoms with Crippen LogP contribution in [0.25, 0.3) is 0 Å². The third-order valence-electron chi connectivity index (χ3n) is 2.29. The summed E-state index contributed by atoms with van der Waals surface area (Å²) in [7, 11) is 1.63. The molecule has 0 aliphatic heterocycles. The largest absolute Gasteiger partial charge is 0.487 e. The van der Waals surface area contributed by atoms with E-state index >= 15 is 0 Å². The molecule has 1 N–H and O–H groups in total. The van der Waals surface area contributed by atoms with Crippen LogP contribution < -0.4 is 10.1 Å². The van der Waals surface area contributed by atoms with Crippen molar-refractivity contribution in [2.75, 3.05) is 13.7 Å². The smallest absolute Gasteiger partial charge is 0.313 e. The Balaban J connectivity index is 2.68. The number of benzene rings is 1. The van der Waals surface area contributed by atoms with Crippen LogP contribution in [0, 0.1) is 27.3 Å². The molecule has 0 bridgehead atoms. The van der Waals surface area contributed by atoms with Crippen LogP contribution in [0.15, 0.2) is 18.2 Å². The number of nitrogens with zero attached hydrogens (tertiary/aromatic N) is 2. The molecule has 0 aromatic heterocycles. The van der Waals surface area contributed by atoms with Gasteiger partial charge >= 0.3 is 5.69 Å². The van der Waals surface area contributed by atoms with Gasteiger partial charge in [0.15, 0.2) is 5.75 Å². The van der Waals surface area contributed by atoms with E-state index in [1.54, 1.807) is 7.05 Å². The average molecular weight is 253 g/mol. The summed E-state index contributed by atoms with van der Waals surface area (Å²) in [4.78, 5) is 9.97. The molecule has 18 heavy (non-hydrogen) atoms. The van der Waals surface area contributed by atoms with Crippen molar-refractivity contribution >= 4 is 5.69 Å². The maximum atomic E-state index is 12.9. The molecule has 1 rings (SSSR count). The standard InChI is InChI=1S/C11H12FN3O3/c1-14-9(7-13)4-5-18-11-3-2-8(12)6-10(11)15(16)17/h2-3,6,9,14H,4-5H2,1H3. The highest BCUT2D eigenvalue weighted by Gasteiger charge is 2.16. The molecule has 1 atom stereocenters. The highest BCUT2D eigenvalue weighted by Crippen LogP contribution is 2.27. The fourth-order valence-corrected chi connectivity index (χ4v) is 1.32. The van der Waals surface area contributed by atoms with Gasteiger partial charge in [-0.1, -0.05) is 0 Å². The molecule has 0 saturated heterocycles. The molecule has 0 radical (unpaired) electrons. The third kappa shape index (κ3) is 3.68. The molecule has 1 aromatic carbocycles. The van der Waals surface area contributed by atoms with Gasteiger partial charge in [-0.2, -0.15) is 5.26 Å². The number of hydrogen-bond donors (Lipinski definition) is 1. The summed E-state index contributed by atoms with van der Waals surface area (Å²) in [5, 5.41) is 22.1. The number of hydrogen-bond acceptors (Lipinski definition) is 5. The Kier molecular flexibility index (Phi) is 5.02. The van der Waals surface area contributed by atoms with Crippen LogP contribution in [0.4, 0.5) is 10.1 Å². The van der Waals surface area contributed by atoms with E-state index in [0.717, 1.165) is 12.1 Å². The van der Waals surface area contributed by atoms with E-state index in [-0.39, 0.29) is 18.4 Å². The molecular formula is C11H12FN3O3. The highest BCUT2D eigenvalue weighted by molar-refractivity contribution is 5.46. The van der Waals surface area contributed by atoms with Crippen molar-refractivity contribution < 1.29 is 14.1 Å². The van der Waals surface area contributed by atoms with Gasteiger partial charge < -0.3 is 10.1 Å². The molecule has 0 aliphatic rings. The van der Waals surface area contributed by atoms with Gasteiger partial charge in [0.05, 0.1) is 29.7 Å². The summed E-state index contributed by atoms with van der Waals surface area (Å²) < 4.78 is 18.0. The van der Waals surface area contributed by atoms with Crippen molar-refractivity contribution in [2.45, 2.75) is 12.5 Å². The minimum atomic E-state index is -0.710. The van der Waals surface area contributed by atoms with Gasteiger partial charge in [0.25, 0.3) is 0 Å². The van der Waals surface area contributed by atoms with Crippen LogP contribution in [-0.4, -0.2) is 24.6 Å². The molecule has 0 aliphatic carbocycles. The lowest BCUT2D eigenvalue weighted by molar-refractivity contribution is -0.386. The monoisotopic (exact) mass is 253 g/mol. The molecule has 96 valence electrons. The molecule has 6 nitrogen and oxygen atoms in total. The van der Waals surface area contributed by atoms with E-state index in [9.17, 15) is 14.5 Å². The second-order valence-electron chi connectivity index (χ2n) is 3.48. The van der Waals surface area contributed by atoms with Gasteiger partial charge in [-0.05, 0) is 19.2 Å². The Morgan fingerprint density at radius 3 is 2.94 bits per heavy atom. The van der Waals surface area contributed by atoms with Crippen molar-refractivity contribution in [3.63, 3.8) is 0 Å². The summed E-state index contributed by atoms with van der Waals surface area (Å²) >= 11 is 0. The number of ether oxygens (including phenoxy) is 1. The normalized spacial score (nSPS) is 11.6. The minimum Gasteiger partial charge on any atom is -0.487 e. The van der Waals surface area contributed by atoms with Crippen LogP contribution in [-0.2, 0) is 0 Å². The first-order valence-corrected chi connectivity index (χ1v) is 5.22. The lowest BCUT2D eigenvalue weighted by atomic mass is 10.2. The number of nitriles is 1. The molecular weight excluding hydrogens is 241 g/mol. The Morgan fingerprint density at radius 1 is 1.67 bits per heavy atom. The fourth-order valence-electron chi connectivity index (χ4n) is 1.32. The van der Waals surface area contributed by atoms with Gasteiger partial charge in [-0.3, -0.25) is 10.1 Å². The number of nitro benzene ring substituents is 1. The molecule has 0 spiro atoms. The molecule has 0 fully saturated rings. The van der Waals surface area contributed by atoms with Crippen molar-refractivity contribution in [3.8, 4) is 11.8 Å². The molecule has 0 heterocycles. The average Bonchev–Trinajstić information content (AvgIpc) is 2.36. The Morgan fingerprint density at radius 2 is 2.39 bits per heavy atom. The lowest BCUT2D eigenvalue weighted by Gasteiger charge is -2.09. The van der Waals surface area contributed by atoms with E-state index in [0.29, 0.717) is 6.42 Å².